The molecule has 0 amide bonds. The Morgan fingerprint density at radius 1 is 1.23 bits per heavy atom. The number of alkyl halides is 3. The van der Waals surface area contributed by atoms with Crippen LogP contribution in [-0.2, 0) is 11.6 Å². The van der Waals surface area contributed by atoms with Gasteiger partial charge in [-0.15, -0.1) is 0 Å². The lowest BCUT2D eigenvalue weighted by Gasteiger charge is -2.14. The van der Waals surface area contributed by atoms with Gasteiger partial charge in [-0.05, 0) is 23.0 Å². The van der Waals surface area contributed by atoms with E-state index in [2.05, 4.69) is 4.37 Å². The topological polar surface area (TPSA) is 12.9 Å². The molecule has 1 nitrogen and oxygen atoms in total. The van der Waals surface area contributed by atoms with E-state index in [1.807, 2.05) is 20.8 Å². The van der Waals surface area contributed by atoms with E-state index < -0.39 is 11.9 Å². The first-order valence-corrected chi connectivity index (χ1v) is 4.53. The molecule has 0 atom stereocenters. The largest absolute Gasteiger partial charge is 0.434 e. The minimum atomic E-state index is -4.32. The van der Waals surface area contributed by atoms with E-state index in [4.69, 9.17) is 0 Å². The van der Waals surface area contributed by atoms with Gasteiger partial charge >= 0.3 is 6.18 Å². The smallest absolute Gasteiger partial charge is 0.188 e. The minimum Gasteiger partial charge on any atom is -0.188 e. The van der Waals surface area contributed by atoms with Crippen LogP contribution in [0.1, 0.15) is 31.3 Å². The highest BCUT2D eigenvalue weighted by molar-refractivity contribution is 7.06. The van der Waals surface area contributed by atoms with Crippen molar-refractivity contribution >= 4 is 11.5 Å². The molecule has 1 aromatic rings. The standard InChI is InChI=1S/C8H10F3NS/c1-7(2,3)6-4-5(12-13-6)8(9,10)11/h4H,1-3H3. The van der Waals surface area contributed by atoms with Crippen LogP contribution in [-0.4, -0.2) is 4.37 Å². The van der Waals surface area contributed by atoms with Crippen LogP contribution in [0.25, 0.3) is 0 Å². The molecule has 74 valence electrons. The summed E-state index contributed by atoms with van der Waals surface area (Å²) in [4.78, 5) is 0.653. The molecule has 0 saturated carbocycles. The SMILES string of the molecule is CC(C)(C)c1cc(C(F)(F)F)ns1. The van der Waals surface area contributed by atoms with E-state index in [9.17, 15) is 13.2 Å². The molecule has 1 heterocycles. The van der Waals surface area contributed by atoms with Gasteiger partial charge in [0.1, 0.15) is 0 Å². The number of aromatic nitrogens is 1. The molecule has 0 fully saturated rings. The molecule has 0 saturated heterocycles. The van der Waals surface area contributed by atoms with Crippen molar-refractivity contribution in [2.75, 3.05) is 0 Å². The second-order valence-corrected chi connectivity index (χ2v) is 4.63. The molecule has 0 aliphatic rings. The first-order chi connectivity index (χ1) is 5.71. The van der Waals surface area contributed by atoms with Crippen LogP contribution < -0.4 is 0 Å². The quantitative estimate of drug-likeness (QED) is 0.637. The lowest BCUT2D eigenvalue weighted by Crippen LogP contribution is -2.09. The van der Waals surface area contributed by atoms with E-state index in [0.29, 0.717) is 4.88 Å². The summed E-state index contributed by atoms with van der Waals surface area (Å²) in [5, 5.41) is 0. The first-order valence-electron chi connectivity index (χ1n) is 3.75. The van der Waals surface area contributed by atoms with Crippen molar-refractivity contribution in [2.24, 2.45) is 0 Å². The third-order valence-electron chi connectivity index (χ3n) is 1.54. The van der Waals surface area contributed by atoms with E-state index in [0.717, 1.165) is 17.6 Å². The molecule has 1 rings (SSSR count). The highest BCUT2D eigenvalue weighted by Gasteiger charge is 2.35. The summed E-state index contributed by atoms with van der Waals surface area (Å²) in [6, 6.07) is 1.12. The lowest BCUT2D eigenvalue weighted by molar-refractivity contribution is -0.140. The normalized spacial score (nSPS) is 13.4. The van der Waals surface area contributed by atoms with E-state index in [1.54, 1.807) is 0 Å². The molecule has 0 aromatic carbocycles. The van der Waals surface area contributed by atoms with Crippen LogP contribution in [0.3, 0.4) is 0 Å². The fourth-order valence-electron chi connectivity index (χ4n) is 0.762. The third-order valence-corrected chi connectivity index (χ3v) is 2.75. The van der Waals surface area contributed by atoms with Gasteiger partial charge in [0.05, 0.1) is 0 Å². The molecule has 0 N–H and O–H groups in total. The highest BCUT2D eigenvalue weighted by atomic mass is 32.1. The van der Waals surface area contributed by atoms with E-state index in [1.165, 1.54) is 0 Å². The summed E-state index contributed by atoms with van der Waals surface area (Å²) in [5.41, 5.74) is -1.05. The Morgan fingerprint density at radius 3 is 2.00 bits per heavy atom. The Balaban J connectivity index is 3.01. The predicted molar refractivity (Wildman–Crippen MR) is 45.8 cm³/mol. The summed E-state index contributed by atoms with van der Waals surface area (Å²) in [5.74, 6) is 0. The van der Waals surface area contributed by atoms with Crippen molar-refractivity contribution in [1.29, 1.82) is 0 Å². The molecule has 5 heteroatoms. The van der Waals surface area contributed by atoms with Crippen LogP contribution in [0.15, 0.2) is 6.07 Å². The molecular weight excluding hydrogens is 199 g/mol. The first kappa shape index (κ1) is 10.5. The van der Waals surface area contributed by atoms with Gasteiger partial charge in [0, 0.05) is 4.88 Å². The second kappa shape index (κ2) is 2.97. The fourth-order valence-corrected chi connectivity index (χ4v) is 1.55. The van der Waals surface area contributed by atoms with E-state index in [-0.39, 0.29) is 5.41 Å². The molecule has 0 unspecified atom stereocenters. The van der Waals surface area contributed by atoms with Gasteiger partial charge in [-0.25, -0.2) is 0 Å². The van der Waals surface area contributed by atoms with Gasteiger partial charge in [0.25, 0.3) is 0 Å². The van der Waals surface area contributed by atoms with Crippen LogP contribution in [0.2, 0.25) is 0 Å². The third kappa shape index (κ3) is 2.43. The Bertz CT molecular complexity index is 267. The van der Waals surface area contributed by atoms with E-state index >= 15 is 0 Å². The maximum absolute atomic E-state index is 12.1. The number of hydrogen-bond acceptors (Lipinski definition) is 2. The highest BCUT2D eigenvalue weighted by Crippen LogP contribution is 2.34. The van der Waals surface area contributed by atoms with Crippen molar-refractivity contribution < 1.29 is 13.2 Å². The van der Waals surface area contributed by atoms with Crippen molar-refractivity contribution in [3.63, 3.8) is 0 Å². The molecule has 0 bridgehead atoms. The van der Waals surface area contributed by atoms with Crippen LogP contribution in [0, 0.1) is 0 Å². The zero-order valence-electron chi connectivity index (χ0n) is 7.57. The Hall–Kier alpha value is -0.580. The molecular formula is C8H10F3NS. The average molecular weight is 209 g/mol. The number of rotatable bonds is 0. The zero-order chi connectivity index (χ0) is 10.3. The Morgan fingerprint density at radius 2 is 1.77 bits per heavy atom. The van der Waals surface area contributed by atoms with Crippen LogP contribution in [0.5, 0.6) is 0 Å². The van der Waals surface area contributed by atoms with Crippen LogP contribution >= 0.6 is 11.5 Å². The Kier molecular flexibility index (Phi) is 2.40. The summed E-state index contributed by atoms with van der Waals surface area (Å²) in [7, 11) is 0. The molecule has 0 radical (unpaired) electrons. The van der Waals surface area contributed by atoms with Gasteiger partial charge in [-0.3, -0.25) is 0 Å². The second-order valence-electron chi connectivity index (χ2n) is 3.82. The van der Waals surface area contributed by atoms with Crippen molar-refractivity contribution in [1.82, 2.24) is 4.37 Å². The number of nitrogens with zero attached hydrogens (tertiary/aromatic N) is 1. The fraction of sp³-hybridized carbons (Fsp3) is 0.625. The Labute approximate surface area is 78.8 Å². The monoisotopic (exact) mass is 209 g/mol. The summed E-state index contributed by atoms with van der Waals surface area (Å²) in [6.45, 7) is 5.59. The molecule has 1 aromatic heterocycles. The van der Waals surface area contributed by atoms with Crippen molar-refractivity contribution in [3.8, 4) is 0 Å². The maximum Gasteiger partial charge on any atom is 0.434 e. The van der Waals surface area contributed by atoms with Gasteiger partial charge in [-0.2, -0.15) is 17.5 Å². The van der Waals surface area contributed by atoms with Crippen molar-refractivity contribution in [3.05, 3.63) is 16.6 Å². The minimum absolute atomic E-state index is 0.263. The zero-order valence-corrected chi connectivity index (χ0v) is 8.38. The molecule has 13 heavy (non-hydrogen) atoms. The van der Waals surface area contributed by atoms with Crippen LogP contribution in [0.4, 0.5) is 13.2 Å². The van der Waals surface area contributed by atoms with Gasteiger partial charge in [0.2, 0.25) is 0 Å². The maximum atomic E-state index is 12.1. The number of hydrogen-bond donors (Lipinski definition) is 0. The molecule has 0 aliphatic carbocycles. The predicted octanol–water partition coefficient (Wildman–Crippen LogP) is 3.46. The van der Waals surface area contributed by atoms with Gasteiger partial charge < -0.3 is 0 Å². The number of halogens is 3. The van der Waals surface area contributed by atoms with Gasteiger partial charge in [-0.1, -0.05) is 20.8 Å². The summed E-state index contributed by atoms with van der Waals surface area (Å²) in [6.07, 6.45) is -4.32. The molecule has 0 aliphatic heterocycles. The average Bonchev–Trinajstić information content (AvgIpc) is 2.28. The summed E-state index contributed by atoms with van der Waals surface area (Å²) < 4.78 is 39.8. The van der Waals surface area contributed by atoms with Gasteiger partial charge in [0.15, 0.2) is 5.69 Å². The molecule has 0 spiro atoms. The lowest BCUT2D eigenvalue weighted by atomic mass is 9.94. The van der Waals surface area contributed by atoms with Crippen molar-refractivity contribution in [2.45, 2.75) is 32.4 Å². The summed E-state index contributed by atoms with van der Waals surface area (Å²) >= 11 is 0.913.